The Kier molecular flexibility index (Phi) is 5.09. The normalized spacial score (nSPS) is 16.1. The zero-order valence-electron chi connectivity index (χ0n) is 13.6. The number of anilines is 2. The van der Waals surface area contributed by atoms with Gasteiger partial charge in [-0.3, -0.25) is 14.4 Å². The van der Waals surface area contributed by atoms with E-state index in [1.54, 1.807) is 24.3 Å². The third-order valence-electron chi connectivity index (χ3n) is 3.94. The minimum absolute atomic E-state index is 0.0271. The lowest BCUT2D eigenvalue weighted by atomic mass is 10.1. The van der Waals surface area contributed by atoms with E-state index in [1.165, 1.54) is 18.2 Å². The molecule has 1 atom stereocenters. The van der Waals surface area contributed by atoms with Gasteiger partial charge in [-0.25, -0.2) is 0 Å². The number of hydrogen-bond acceptors (Lipinski definition) is 4. The lowest BCUT2D eigenvalue weighted by Gasteiger charge is -2.14. The van der Waals surface area contributed by atoms with Crippen LogP contribution in [-0.2, 0) is 9.59 Å². The summed E-state index contributed by atoms with van der Waals surface area (Å²) in [6, 6.07) is 10.1. The lowest BCUT2D eigenvalue weighted by molar-refractivity contribution is -0.118. The van der Waals surface area contributed by atoms with Crippen LogP contribution in [0.3, 0.4) is 0 Å². The van der Waals surface area contributed by atoms with Crippen LogP contribution in [-0.4, -0.2) is 28.9 Å². The molecule has 2 aromatic carbocycles. The summed E-state index contributed by atoms with van der Waals surface area (Å²) >= 11 is 5.83. The minimum Gasteiger partial charge on any atom is -0.506 e. The zero-order chi connectivity index (χ0) is 18.7. The first-order chi connectivity index (χ1) is 12.4. The van der Waals surface area contributed by atoms with Crippen LogP contribution in [0.15, 0.2) is 42.5 Å². The maximum Gasteiger partial charge on any atom is 0.254 e. The molecule has 0 spiro atoms. The average Bonchev–Trinajstić information content (AvgIpc) is 2.73. The maximum absolute atomic E-state index is 12.3. The number of carbonyl (C=O) groups excluding carboxylic acids is 3. The highest BCUT2D eigenvalue weighted by atomic mass is 35.5. The quantitative estimate of drug-likeness (QED) is 0.617. The van der Waals surface area contributed by atoms with Gasteiger partial charge in [-0.2, -0.15) is 0 Å². The molecular weight excluding hydrogens is 358 g/mol. The van der Waals surface area contributed by atoms with E-state index >= 15 is 0 Å². The molecule has 0 unspecified atom stereocenters. The highest BCUT2D eigenvalue weighted by Gasteiger charge is 2.27. The van der Waals surface area contributed by atoms with Crippen LogP contribution in [0.25, 0.3) is 0 Å². The SMILES string of the molecule is O=C(CC[C@H]1NC(=O)c2ccccc2NC1=O)Nc1cc(Cl)ccc1O. The molecule has 8 heteroatoms. The van der Waals surface area contributed by atoms with Gasteiger partial charge in [-0.1, -0.05) is 23.7 Å². The van der Waals surface area contributed by atoms with E-state index in [0.717, 1.165) is 0 Å². The predicted octanol–water partition coefficient (Wildman–Crippen LogP) is 2.52. The third kappa shape index (κ3) is 3.94. The molecule has 3 amide bonds. The van der Waals surface area contributed by atoms with Gasteiger partial charge in [0.15, 0.2) is 0 Å². The Labute approximate surface area is 154 Å². The first kappa shape index (κ1) is 17.8. The van der Waals surface area contributed by atoms with Crippen molar-refractivity contribution in [1.82, 2.24) is 5.32 Å². The fourth-order valence-electron chi connectivity index (χ4n) is 2.61. The molecule has 1 aliphatic rings. The van der Waals surface area contributed by atoms with Crippen LogP contribution >= 0.6 is 11.6 Å². The number of benzene rings is 2. The first-order valence-electron chi connectivity index (χ1n) is 7.93. The third-order valence-corrected chi connectivity index (χ3v) is 4.18. The monoisotopic (exact) mass is 373 g/mol. The van der Waals surface area contributed by atoms with E-state index in [-0.39, 0.29) is 36.1 Å². The van der Waals surface area contributed by atoms with Gasteiger partial charge in [0.25, 0.3) is 5.91 Å². The summed E-state index contributed by atoms with van der Waals surface area (Å²) in [7, 11) is 0. The summed E-state index contributed by atoms with van der Waals surface area (Å²) in [4.78, 5) is 36.6. The molecule has 4 N–H and O–H groups in total. The van der Waals surface area contributed by atoms with Gasteiger partial charge in [0.2, 0.25) is 11.8 Å². The van der Waals surface area contributed by atoms with Crippen molar-refractivity contribution < 1.29 is 19.5 Å². The molecule has 0 saturated carbocycles. The number of halogens is 1. The predicted molar refractivity (Wildman–Crippen MR) is 97.3 cm³/mol. The van der Waals surface area contributed by atoms with Crippen LogP contribution < -0.4 is 16.0 Å². The van der Waals surface area contributed by atoms with E-state index in [9.17, 15) is 19.5 Å². The highest BCUT2D eigenvalue weighted by Crippen LogP contribution is 2.27. The van der Waals surface area contributed by atoms with Crippen LogP contribution in [0, 0.1) is 0 Å². The second-order valence-corrected chi connectivity index (χ2v) is 6.25. The Balaban J connectivity index is 1.62. The summed E-state index contributed by atoms with van der Waals surface area (Å²) in [5, 5.41) is 17.9. The second kappa shape index (κ2) is 7.45. The van der Waals surface area contributed by atoms with Crippen LogP contribution in [0.2, 0.25) is 5.02 Å². The van der Waals surface area contributed by atoms with Crippen LogP contribution in [0.4, 0.5) is 11.4 Å². The van der Waals surface area contributed by atoms with Crippen LogP contribution in [0.5, 0.6) is 5.75 Å². The van der Waals surface area contributed by atoms with Gasteiger partial charge in [-0.05, 0) is 36.8 Å². The van der Waals surface area contributed by atoms with Gasteiger partial charge in [-0.15, -0.1) is 0 Å². The van der Waals surface area contributed by atoms with Gasteiger partial charge in [0, 0.05) is 11.4 Å². The van der Waals surface area contributed by atoms with E-state index in [4.69, 9.17) is 11.6 Å². The molecular formula is C18H16ClN3O4. The van der Waals surface area contributed by atoms with Gasteiger partial charge in [0.1, 0.15) is 11.8 Å². The average molecular weight is 374 g/mol. The number of hydrogen-bond donors (Lipinski definition) is 4. The Hall–Kier alpha value is -3.06. The topological polar surface area (TPSA) is 108 Å². The maximum atomic E-state index is 12.3. The summed E-state index contributed by atoms with van der Waals surface area (Å²) in [5.41, 5.74) is 0.992. The fraction of sp³-hybridized carbons (Fsp3) is 0.167. The smallest absolute Gasteiger partial charge is 0.254 e. The molecule has 0 bridgehead atoms. The Morgan fingerprint density at radius 3 is 2.77 bits per heavy atom. The Morgan fingerprint density at radius 1 is 1.19 bits per heavy atom. The van der Waals surface area contributed by atoms with Crippen molar-refractivity contribution in [3.63, 3.8) is 0 Å². The van der Waals surface area contributed by atoms with Crippen molar-refractivity contribution in [3.05, 3.63) is 53.1 Å². The molecule has 0 aliphatic carbocycles. The Morgan fingerprint density at radius 2 is 1.96 bits per heavy atom. The molecule has 1 heterocycles. The number of amides is 3. The number of nitrogens with one attached hydrogen (secondary N) is 3. The number of fused-ring (bicyclic) bond motifs is 1. The second-order valence-electron chi connectivity index (χ2n) is 5.81. The van der Waals surface area contributed by atoms with Gasteiger partial charge in [0.05, 0.1) is 16.9 Å². The number of carbonyl (C=O) groups is 3. The van der Waals surface area contributed by atoms with E-state index < -0.39 is 11.9 Å². The van der Waals surface area contributed by atoms with Gasteiger partial charge >= 0.3 is 0 Å². The first-order valence-corrected chi connectivity index (χ1v) is 8.31. The summed E-state index contributed by atoms with van der Waals surface area (Å²) in [5.74, 6) is -1.29. The number of aromatic hydroxyl groups is 1. The molecule has 7 nitrogen and oxygen atoms in total. The molecule has 0 aromatic heterocycles. The van der Waals surface area contributed by atoms with Crippen molar-refractivity contribution in [2.45, 2.75) is 18.9 Å². The van der Waals surface area contributed by atoms with Crippen molar-refractivity contribution in [3.8, 4) is 5.75 Å². The fourth-order valence-corrected chi connectivity index (χ4v) is 2.78. The van der Waals surface area contributed by atoms with Gasteiger partial charge < -0.3 is 21.1 Å². The highest BCUT2D eigenvalue weighted by molar-refractivity contribution is 6.31. The van der Waals surface area contributed by atoms with Crippen molar-refractivity contribution in [2.24, 2.45) is 0 Å². The largest absolute Gasteiger partial charge is 0.506 e. The van der Waals surface area contributed by atoms with E-state index in [0.29, 0.717) is 16.3 Å². The number of phenolic OH excluding ortho intramolecular Hbond substituents is 1. The van der Waals surface area contributed by atoms with Crippen molar-refractivity contribution >= 4 is 40.7 Å². The number of para-hydroxylation sites is 1. The molecule has 0 saturated heterocycles. The number of phenols is 1. The zero-order valence-corrected chi connectivity index (χ0v) is 14.3. The Bertz CT molecular complexity index is 884. The molecule has 2 aromatic rings. The number of rotatable bonds is 4. The lowest BCUT2D eigenvalue weighted by Crippen LogP contribution is -2.41. The standard InChI is InChI=1S/C18H16ClN3O4/c19-10-5-7-15(23)14(9-10)20-16(24)8-6-13-18(26)21-12-4-2-1-3-11(12)17(25)22-13/h1-5,7,9,13,23H,6,8H2,(H,20,24)(H,21,26)(H,22,25)/t13-/m1/s1. The summed E-state index contributed by atoms with van der Waals surface area (Å²) in [6.45, 7) is 0. The van der Waals surface area contributed by atoms with Crippen LogP contribution in [0.1, 0.15) is 23.2 Å². The molecule has 26 heavy (non-hydrogen) atoms. The molecule has 0 fully saturated rings. The van der Waals surface area contributed by atoms with E-state index in [1.807, 2.05) is 0 Å². The summed E-state index contributed by atoms with van der Waals surface area (Å²) in [6.07, 6.45) is 0.0827. The molecule has 134 valence electrons. The van der Waals surface area contributed by atoms with Crippen molar-refractivity contribution in [2.75, 3.05) is 10.6 Å². The summed E-state index contributed by atoms with van der Waals surface area (Å²) < 4.78 is 0. The molecule has 3 rings (SSSR count). The molecule has 0 radical (unpaired) electrons. The molecule has 1 aliphatic heterocycles. The minimum atomic E-state index is -0.839. The van der Waals surface area contributed by atoms with Crippen molar-refractivity contribution in [1.29, 1.82) is 0 Å². The van der Waals surface area contributed by atoms with E-state index in [2.05, 4.69) is 16.0 Å².